The van der Waals surface area contributed by atoms with Gasteiger partial charge in [0.15, 0.2) is 0 Å². The zero-order chi connectivity index (χ0) is 16.6. The summed E-state index contributed by atoms with van der Waals surface area (Å²) < 4.78 is 11.0. The summed E-state index contributed by atoms with van der Waals surface area (Å²) in [5.74, 6) is 0.738. The number of hydrogen-bond acceptors (Lipinski definition) is 4. The summed E-state index contributed by atoms with van der Waals surface area (Å²) in [4.78, 5) is 2.54. The number of hydrogen-bond donors (Lipinski definition) is 1. The maximum Gasteiger partial charge on any atom is 0.0594 e. The normalized spacial score (nSPS) is 23.0. The molecule has 2 fully saturated rings. The third-order valence-corrected chi connectivity index (χ3v) is 5.38. The predicted octanol–water partition coefficient (Wildman–Crippen LogP) is 2.33. The number of rotatable bonds is 7. The Kier molecular flexibility index (Phi) is 7.09. The third kappa shape index (κ3) is 5.55. The zero-order valence-electron chi connectivity index (χ0n) is 15.0. The van der Waals surface area contributed by atoms with E-state index in [1.54, 1.807) is 0 Å². The fourth-order valence-electron chi connectivity index (χ4n) is 3.89. The Morgan fingerprint density at radius 3 is 2.42 bits per heavy atom. The van der Waals surface area contributed by atoms with Crippen LogP contribution in [0.3, 0.4) is 0 Å². The van der Waals surface area contributed by atoms with Crippen molar-refractivity contribution in [1.82, 2.24) is 10.2 Å². The topological polar surface area (TPSA) is 33.7 Å². The van der Waals surface area contributed by atoms with Crippen molar-refractivity contribution in [3.8, 4) is 0 Å². The first-order valence-electron chi connectivity index (χ1n) is 9.49. The molecule has 0 amide bonds. The SMILES string of the molecule is C[C@@H](N[C@H](Cc1ccccc1)CN1CCOCC1)C1CCOCC1. The van der Waals surface area contributed by atoms with Gasteiger partial charge in [-0.1, -0.05) is 30.3 Å². The Morgan fingerprint density at radius 2 is 1.71 bits per heavy atom. The van der Waals surface area contributed by atoms with Crippen molar-refractivity contribution in [3.63, 3.8) is 0 Å². The Balaban J connectivity index is 1.59. The zero-order valence-corrected chi connectivity index (χ0v) is 15.0. The van der Waals surface area contributed by atoms with Crippen molar-refractivity contribution in [2.45, 2.75) is 38.3 Å². The first-order chi connectivity index (χ1) is 11.8. The molecule has 2 aliphatic rings. The molecule has 2 aliphatic heterocycles. The summed E-state index contributed by atoms with van der Waals surface area (Å²) in [6.07, 6.45) is 3.46. The van der Waals surface area contributed by atoms with Crippen molar-refractivity contribution >= 4 is 0 Å². The number of benzene rings is 1. The second-order valence-corrected chi connectivity index (χ2v) is 7.20. The highest BCUT2D eigenvalue weighted by Gasteiger charge is 2.24. The predicted molar refractivity (Wildman–Crippen MR) is 97.3 cm³/mol. The van der Waals surface area contributed by atoms with Gasteiger partial charge >= 0.3 is 0 Å². The summed E-state index contributed by atoms with van der Waals surface area (Å²) in [7, 11) is 0. The molecule has 1 N–H and O–H groups in total. The van der Waals surface area contributed by atoms with Gasteiger partial charge in [-0.05, 0) is 37.7 Å². The molecule has 2 saturated heterocycles. The van der Waals surface area contributed by atoms with Gasteiger partial charge in [0.2, 0.25) is 0 Å². The van der Waals surface area contributed by atoms with E-state index in [0.29, 0.717) is 12.1 Å². The third-order valence-electron chi connectivity index (χ3n) is 5.38. The molecule has 0 aromatic heterocycles. The van der Waals surface area contributed by atoms with E-state index in [2.05, 4.69) is 47.5 Å². The molecule has 0 spiro atoms. The molecule has 0 aliphatic carbocycles. The van der Waals surface area contributed by atoms with Crippen molar-refractivity contribution in [2.24, 2.45) is 5.92 Å². The number of nitrogens with one attached hydrogen (secondary N) is 1. The van der Waals surface area contributed by atoms with Gasteiger partial charge < -0.3 is 14.8 Å². The van der Waals surface area contributed by atoms with E-state index in [-0.39, 0.29) is 0 Å². The molecule has 2 heterocycles. The molecule has 24 heavy (non-hydrogen) atoms. The molecule has 2 atom stereocenters. The first kappa shape index (κ1) is 17.9. The molecule has 4 heteroatoms. The minimum absolute atomic E-state index is 0.489. The number of ether oxygens (including phenoxy) is 2. The molecule has 0 radical (unpaired) electrons. The minimum Gasteiger partial charge on any atom is -0.381 e. The van der Waals surface area contributed by atoms with E-state index in [9.17, 15) is 0 Å². The summed E-state index contributed by atoms with van der Waals surface area (Å²) in [6, 6.07) is 11.9. The summed E-state index contributed by atoms with van der Waals surface area (Å²) in [6.45, 7) is 9.14. The summed E-state index contributed by atoms with van der Waals surface area (Å²) in [5.41, 5.74) is 1.42. The van der Waals surface area contributed by atoms with Crippen LogP contribution in [0.2, 0.25) is 0 Å². The second kappa shape index (κ2) is 9.52. The van der Waals surface area contributed by atoms with Gasteiger partial charge in [-0.2, -0.15) is 0 Å². The lowest BCUT2D eigenvalue weighted by atomic mass is 9.91. The van der Waals surface area contributed by atoms with Crippen LogP contribution in [0, 0.1) is 5.92 Å². The fraction of sp³-hybridized carbons (Fsp3) is 0.700. The van der Waals surface area contributed by atoms with Crippen LogP contribution in [-0.4, -0.2) is 63.0 Å². The smallest absolute Gasteiger partial charge is 0.0594 e. The van der Waals surface area contributed by atoms with Crippen LogP contribution in [-0.2, 0) is 15.9 Å². The molecule has 1 aromatic rings. The van der Waals surface area contributed by atoms with Gasteiger partial charge in [0.25, 0.3) is 0 Å². The lowest BCUT2D eigenvalue weighted by Gasteiger charge is -2.35. The fourth-order valence-corrected chi connectivity index (χ4v) is 3.89. The highest BCUT2D eigenvalue weighted by Crippen LogP contribution is 2.19. The highest BCUT2D eigenvalue weighted by molar-refractivity contribution is 5.16. The molecule has 1 aromatic carbocycles. The minimum atomic E-state index is 0.489. The van der Waals surface area contributed by atoms with Crippen LogP contribution in [0.25, 0.3) is 0 Å². The summed E-state index contributed by atoms with van der Waals surface area (Å²) >= 11 is 0. The van der Waals surface area contributed by atoms with Gasteiger partial charge in [0.05, 0.1) is 13.2 Å². The monoisotopic (exact) mass is 332 g/mol. The van der Waals surface area contributed by atoms with Crippen molar-refractivity contribution in [3.05, 3.63) is 35.9 Å². The summed E-state index contributed by atoms with van der Waals surface area (Å²) in [5, 5.41) is 3.94. The molecule has 0 unspecified atom stereocenters. The molecular formula is C20H32N2O2. The maximum atomic E-state index is 5.52. The number of nitrogens with zero attached hydrogens (tertiary/aromatic N) is 1. The van der Waals surface area contributed by atoms with E-state index in [1.165, 1.54) is 18.4 Å². The van der Waals surface area contributed by atoms with Crippen LogP contribution < -0.4 is 5.32 Å². The van der Waals surface area contributed by atoms with Gasteiger partial charge in [-0.25, -0.2) is 0 Å². The van der Waals surface area contributed by atoms with Crippen LogP contribution in [0.1, 0.15) is 25.3 Å². The van der Waals surface area contributed by atoms with E-state index in [1.807, 2.05) is 0 Å². The van der Waals surface area contributed by atoms with Gasteiger partial charge in [0, 0.05) is 44.9 Å². The van der Waals surface area contributed by atoms with E-state index in [4.69, 9.17) is 9.47 Å². The molecule has 4 nitrogen and oxygen atoms in total. The van der Waals surface area contributed by atoms with Crippen LogP contribution in [0.15, 0.2) is 30.3 Å². The Morgan fingerprint density at radius 1 is 1.04 bits per heavy atom. The van der Waals surface area contributed by atoms with Crippen LogP contribution in [0.4, 0.5) is 0 Å². The standard InChI is InChI=1S/C20H32N2O2/c1-17(19-7-11-23-12-8-19)21-20(15-18-5-3-2-4-6-18)16-22-9-13-24-14-10-22/h2-6,17,19-21H,7-16H2,1H3/t17-,20-/m1/s1. The molecule has 134 valence electrons. The van der Waals surface area contributed by atoms with Crippen molar-refractivity contribution in [1.29, 1.82) is 0 Å². The van der Waals surface area contributed by atoms with E-state index in [0.717, 1.165) is 58.4 Å². The van der Waals surface area contributed by atoms with Crippen molar-refractivity contribution in [2.75, 3.05) is 46.1 Å². The number of morpholine rings is 1. The second-order valence-electron chi connectivity index (χ2n) is 7.20. The quantitative estimate of drug-likeness (QED) is 0.831. The molecular weight excluding hydrogens is 300 g/mol. The Hall–Kier alpha value is -0.940. The lowest BCUT2D eigenvalue weighted by Crippen LogP contribution is -2.50. The maximum absolute atomic E-state index is 5.52. The van der Waals surface area contributed by atoms with E-state index >= 15 is 0 Å². The molecule has 0 saturated carbocycles. The largest absolute Gasteiger partial charge is 0.381 e. The Labute approximate surface area is 146 Å². The average molecular weight is 332 g/mol. The molecule has 0 bridgehead atoms. The van der Waals surface area contributed by atoms with Crippen molar-refractivity contribution < 1.29 is 9.47 Å². The average Bonchev–Trinajstić information content (AvgIpc) is 2.64. The van der Waals surface area contributed by atoms with Crippen LogP contribution in [0.5, 0.6) is 0 Å². The Bertz CT molecular complexity index is 456. The highest BCUT2D eigenvalue weighted by atomic mass is 16.5. The van der Waals surface area contributed by atoms with Gasteiger partial charge in [0.1, 0.15) is 0 Å². The molecule has 3 rings (SSSR count). The van der Waals surface area contributed by atoms with Gasteiger partial charge in [-0.3, -0.25) is 4.90 Å². The lowest BCUT2D eigenvalue weighted by molar-refractivity contribution is 0.0297. The first-order valence-corrected chi connectivity index (χ1v) is 9.49. The van der Waals surface area contributed by atoms with E-state index < -0.39 is 0 Å². The van der Waals surface area contributed by atoms with Gasteiger partial charge in [-0.15, -0.1) is 0 Å². The van der Waals surface area contributed by atoms with Crippen LogP contribution >= 0.6 is 0 Å².